The maximum Gasteiger partial charge on any atom is 0.495 e. The number of hydrogen-bond acceptors (Lipinski definition) is 5. The predicted molar refractivity (Wildman–Crippen MR) is 124 cm³/mol. The van der Waals surface area contributed by atoms with Gasteiger partial charge in [0.1, 0.15) is 6.61 Å². The minimum absolute atomic E-state index is 0.0372. The summed E-state index contributed by atoms with van der Waals surface area (Å²) in [4.78, 5) is 26.8. The van der Waals surface area contributed by atoms with Gasteiger partial charge in [0.25, 0.3) is 5.91 Å². The molecule has 0 aliphatic carbocycles. The van der Waals surface area contributed by atoms with E-state index in [0.717, 1.165) is 34.3 Å². The van der Waals surface area contributed by atoms with Crippen LogP contribution < -0.4 is 10.4 Å². The van der Waals surface area contributed by atoms with Gasteiger partial charge in [-0.05, 0) is 64.2 Å². The molecule has 32 heavy (non-hydrogen) atoms. The van der Waals surface area contributed by atoms with Crippen LogP contribution >= 0.6 is 0 Å². The zero-order valence-electron chi connectivity index (χ0n) is 19.7. The average Bonchev–Trinajstić information content (AvgIpc) is 2.93. The number of carbonyl (C=O) groups is 2. The number of aryl methyl sites for hydroxylation is 1. The van der Waals surface area contributed by atoms with Gasteiger partial charge in [0.15, 0.2) is 0 Å². The number of amides is 1. The monoisotopic (exact) mass is 435 g/mol. The van der Waals surface area contributed by atoms with E-state index >= 15 is 0 Å². The third-order valence-electron chi connectivity index (χ3n) is 6.75. The summed E-state index contributed by atoms with van der Waals surface area (Å²) < 4.78 is 17.9. The van der Waals surface area contributed by atoms with Crippen molar-refractivity contribution in [1.82, 2.24) is 0 Å². The lowest BCUT2D eigenvalue weighted by Crippen LogP contribution is -2.42. The standard InChI is InChI=1S/C25H30BNO5/c1-16-10-11-19-18(14-16)12-13-27(23(19)29)22-9-7-8-21(20(22)15-30-17(2)28)26-31-24(3,4)25(5,6)32-26/h7-11,14H,12-13,15H2,1-6H3. The Morgan fingerprint density at radius 3 is 2.47 bits per heavy atom. The van der Waals surface area contributed by atoms with Gasteiger partial charge in [-0.3, -0.25) is 9.59 Å². The molecule has 7 heteroatoms. The second-order valence-electron chi connectivity index (χ2n) is 9.58. The van der Waals surface area contributed by atoms with Gasteiger partial charge in [-0.1, -0.05) is 29.8 Å². The van der Waals surface area contributed by atoms with Crippen LogP contribution in [0.5, 0.6) is 0 Å². The summed E-state index contributed by atoms with van der Waals surface area (Å²) >= 11 is 0. The Labute approximate surface area is 190 Å². The number of nitrogens with zero attached hydrogens (tertiary/aromatic N) is 1. The molecule has 2 aromatic rings. The molecule has 0 unspecified atom stereocenters. The molecule has 1 fully saturated rings. The van der Waals surface area contributed by atoms with Gasteiger partial charge < -0.3 is 18.9 Å². The quantitative estimate of drug-likeness (QED) is 0.543. The molecule has 2 aromatic carbocycles. The molecular weight excluding hydrogens is 405 g/mol. The fourth-order valence-electron chi connectivity index (χ4n) is 4.21. The van der Waals surface area contributed by atoms with Crippen molar-refractivity contribution in [2.45, 2.75) is 65.8 Å². The Balaban J connectivity index is 1.76. The van der Waals surface area contributed by atoms with E-state index in [9.17, 15) is 9.59 Å². The summed E-state index contributed by atoms with van der Waals surface area (Å²) in [5, 5.41) is 0. The van der Waals surface area contributed by atoms with E-state index in [4.69, 9.17) is 14.0 Å². The highest BCUT2D eigenvalue weighted by atomic mass is 16.7. The lowest BCUT2D eigenvalue weighted by Gasteiger charge is -2.32. The topological polar surface area (TPSA) is 65.1 Å². The number of hydrogen-bond donors (Lipinski definition) is 0. The van der Waals surface area contributed by atoms with Gasteiger partial charge >= 0.3 is 13.1 Å². The van der Waals surface area contributed by atoms with Crippen LogP contribution in [0, 0.1) is 6.92 Å². The molecule has 0 radical (unpaired) electrons. The molecule has 0 spiro atoms. The van der Waals surface area contributed by atoms with Crippen LogP contribution in [0.25, 0.3) is 0 Å². The molecule has 2 aliphatic rings. The zero-order chi connectivity index (χ0) is 23.3. The predicted octanol–water partition coefficient (Wildman–Crippen LogP) is 3.56. The Bertz CT molecular complexity index is 1060. The number of benzene rings is 2. The van der Waals surface area contributed by atoms with Crippen molar-refractivity contribution in [2.75, 3.05) is 11.4 Å². The number of fused-ring (bicyclic) bond motifs is 1. The van der Waals surface area contributed by atoms with E-state index in [0.29, 0.717) is 12.1 Å². The molecule has 0 bridgehead atoms. The van der Waals surface area contributed by atoms with Gasteiger partial charge in [-0.15, -0.1) is 0 Å². The molecule has 2 heterocycles. The smallest absolute Gasteiger partial charge is 0.461 e. The van der Waals surface area contributed by atoms with Crippen molar-refractivity contribution in [3.05, 3.63) is 58.7 Å². The van der Waals surface area contributed by atoms with E-state index in [2.05, 4.69) is 6.07 Å². The molecule has 4 rings (SSSR count). The second kappa shape index (κ2) is 8.05. The third kappa shape index (κ3) is 3.95. The molecule has 0 saturated carbocycles. The Kier molecular flexibility index (Phi) is 5.67. The molecule has 0 N–H and O–H groups in total. The summed E-state index contributed by atoms with van der Waals surface area (Å²) in [5.41, 5.74) is 4.11. The molecule has 1 saturated heterocycles. The Morgan fingerprint density at radius 1 is 1.12 bits per heavy atom. The van der Waals surface area contributed by atoms with E-state index in [1.54, 1.807) is 4.90 Å². The highest BCUT2D eigenvalue weighted by molar-refractivity contribution is 6.62. The number of carbonyl (C=O) groups excluding carboxylic acids is 2. The number of ether oxygens (including phenoxy) is 1. The van der Waals surface area contributed by atoms with Crippen LogP contribution in [-0.4, -0.2) is 36.7 Å². The van der Waals surface area contributed by atoms with Crippen LogP contribution in [0.1, 0.15) is 61.7 Å². The Morgan fingerprint density at radius 2 is 1.81 bits per heavy atom. The molecule has 168 valence electrons. The number of anilines is 1. The minimum atomic E-state index is -0.625. The first-order valence-corrected chi connectivity index (χ1v) is 11.0. The number of esters is 1. The second-order valence-corrected chi connectivity index (χ2v) is 9.58. The summed E-state index contributed by atoms with van der Waals surface area (Å²) in [6.07, 6.45) is 0.760. The zero-order valence-corrected chi connectivity index (χ0v) is 19.7. The maximum atomic E-state index is 13.4. The third-order valence-corrected chi connectivity index (χ3v) is 6.75. The fourth-order valence-corrected chi connectivity index (χ4v) is 4.21. The van der Waals surface area contributed by atoms with Gasteiger partial charge in [-0.2, -0.15) is 0 Å². The summed E-state index contributed by atoms with van der Waals surface area (Å²) in [5.74, 6) is -0.438. The molecule has 2 aliphatic heterocycles. The highest BCUT2D eigenvalue weighted by Crippen LogP contribution is 2.37. The lowest BCUT2D eigenvalue weighted by molar-refractivity contribution is -0.142. The van der Waals surface area contributed by atoms with Crippen LogP contribution in [0.2, 0.25) is 0 Å². The van der Waals surface area contributed by atoms with E-state index < -0.39 is 18.3 Å². The van der Waals surface area contributed by atoms with Crippen molar-refractivity contribution in [2.24, 2.45) is 0 Å². The van der Waals surface area contributed by atoms with E-state index in [1.165, 1.54) is 6.92 Å². The average molecular weight is 435 g/mol. The van der Waals surface area contributed by atoms with E-state index in [1.807, 2.05) is 65.0 Å². The van der Waals surface area contributed by atoms with Gasteiger partial charge in [0.05, 0.1) is 16.9 Å². The highest BCUT2D eigenvalue weighted by Gasteiger charge is 2.52. The van der Waals surface area contributed by atoms with Crippen LogP contribution in [0.4, 0.5) is 5.69 Å². The fraction of sp³-hybridized carbons (Fsp3) is 0.440. The number of rotatable bonds is 4. The van der Waals surface area contributed by atoms with Crippen molar-refractivity contribution in [3.8, 4) is 0 Å². The lowest BCUT2D eigenvalue weighted by atomic mass is 9.75. The van der Waals surface area contributed by atoms with Crippen LogP contribution in [-0.2, 0) is 31.9 Å². The van der Waals surface area contributed by atoms with Crippen molar-refractivity contribution >= 4 is 30.1 Å². The summed E-state index contributed by atoms with van der Waals surface area (Å²) in [6.45, 7) is 12.0. The Hall–Kier alpha value is -2.64. The minimum Gasteiger partial charge on any atom is -0.461 e. The normalized spacial score (nSPS) is 19.1. The molecule has 1 amide bonds. The SMILES string of the molecule is CC(=O)OCc1c(B2OC(C)(C)C(C)(C)O2)cccc1N1CCc2cc(C)ccc2C1=O. The summed E-state index contributed by atoms with van der Waals surface area (Å²) in [7, 11) is -0.625. The summed E-state index contributed by atoms with van der Waals surface area (Å²) in [6, 6.07) is 11.6. The maximum absolute atomic E-state index is 13.4. The van der Waals surface area contributed by atoms with Crippen molar-refractivity contribution in [1.29, 1.82) is 0 Å². The molecule has 6 nitrogen and oxygen atoms in total. The largest absolute Gasteiger partial charge is 0.495 e. The van der Waals surface area contributed by atoms with Crippen LogP contribution in [0.15, 0.2) is 36.4 Å². The van der Waals surface area contributed by atoms with Crippen LogP contribution in [0.3, 0.4) is 0 Å². The van der Waals surface area contributed by atoms with E-state index in [-0.39, 0.29) is 18.5 Å². The molecular formula is C25H30BNO5. The molecule has 0 aromatic heterocycles. The van der Waals surface area contributed by atoms with Gasteiger partial charge in [0.2, 0.25) is 0 Å². The first-order valence-electron chi connectivity index (χ1n) is 11.0. The first-order chi connectivity index (χ1) is 15.0. The van der Waals surface area contributed by atoms with Gasteiger partial charge in [-0.25, -0.2) is 0 Å². The van der Waals surface area contributed by atoms with Crippen molar-refractivity contribution < 1.29 is 23.6 Å². The molecule has 0 atom stereocenters. The first kappa shape index (κ1) is 22.6. The van der Waals surface area contributed by atoms with Crippen molar-refractivity contribution in [3.63, 3.8) is 0 Å². The van der Waals surface area contributed by atoms with Gasteiger partial charge in [0, 0.05) is 24.6 Å².